The van der Waals surface area contributed by atoms with Gasteiger partial charge in [0.25, 0.3) is 11.5 Å². The molecule has 9 nitrogen and oxygen atoms in total. The topological polar surface area (TPSA) is 109 Å². The molecular weight excluding hydrogens is 538 g/mol. The summed E-state index contributed by atoms with van der Waals surface area (Å²) in [6.45, 7) is 1.82. The standard InChI is InChI=1S/C24H20BrN3O6S/c1-4-34-24(31)19-16-12-35-22(26-21(29)15-6-5-7-17(32-2)20(15)33-3)18(16)23(30)28(27-19)14-10-8-13(25)9-11-14/h5-12H,4H2,1-3H3,(H,26,29). The minimum absolute atomic E-state index is 0.0277. The second kappa shape index (κ2) is 10.3. The van der Waals surface area contributed by atoms with Crippen molar-refractivity contribution in [1.82, 2.24) is 9.78 Å². The minimum Gasteiger partial charge on any atom is -0.493 e. The van der Waals surface area contributed by atoms with E-state index in [1.54, 1.807) is 54.8 Å². The number of carbonyl (C=O) groups excluding carboxylic acids is 2. The Morgan fingerprint density at radius 3 is 2.51 bits per heavy atom. The van der Waals surface area contributed by atoms with Crippen LogP contribution in [0.3, 0.4) is 0 Å². The number of carbonyl (C=O) groups is 2. The molecule has 0 radical (unpaired) electrons. The highest BCUT2D eigenvalue weighted by Gasteiger charge is 2.24. The molecule has 0 aliphatic heterocycles. The number of nitrogens with zero attached hydrogens (tertiary/aromatic N) is 2. The van der Waals surface area contributed by atoms with Crippen LogP contribution in [-0.2, 0) is 4.74 Å². The molecule has 35 heavy (non-hydrogen) atoms. The maximum absolute atomic E-state index is 13.5. The summed E-state index contributed by atoms with van der Waals surface area (Å²) in [5, 5.41) is 9.36. The summed E-state index contributed by atoms with van der Waals surface area (Å²) in [4.78, 5) is 39.4. The zero-order chi connectivity index (χ0) is 25.1. The van der Waals surface area contributed by atoms with E-state index >= 15 is 0 Å². The van der Waals surface area contributed by atoms with Crippen LogP contribution in [0.15, 0.2) is 57.1 Å². The third-order valence-corrected chi connectivity index (χ3v) is 6.49. The molecule has 0 aliphatic carbocycles. The molecule has 0 bridgehead atoms. The van der Waals surface area contributed by atoms with E-state index in [4.69, 9.17) is 14.2 Å². The van der Waals surface area contributed by atoms with Gasteiger partial charge in [0.05, 0.1) is 37.5 Å². The summed E-state index contributed by atoms with van der Waals surface area (Å²) in [7, 11) is 2.91. The van der Waals surface area contributed by atoms with Gasteiger partial charge < -0.3 is 19.5 Å². The lowest BCUT2D eigenvalue weighted by Gasteiger charge is -2.12. The normalized spacial score (nSPS) is 10.7. The average Bonchev–Trinajstić information content (AvgIpc) is 3.28. The van der Waals surface area contributed by atoms with Crippen molar-refractivity contribution in [2.24, 2.45) is 0 Å². The Kier molecular flexibility index (Phi) is 7.17. The Hall–Kier alpha value is -3.70. The number of amides is 1. The first-order valence-electron chi connectivity index (χ1n) is 10.4. The third-order valence-electron chi connectivity index (χ3n) is 5.07. The van der Waals surface area contributed by atoms with Crippen molar-refractivity contribution in [3.63, 3.8) is 0 Å². The lowest BCUT2D eigenvalue weighted by atomic mass is 10.1. The second-order valence-electron chi connectivity index (χ2n) is 7.11. The van der Waals surface area contributed by atoms with E-state index in [0.29, 0.717) is 16.8 Å². The van der Waals surface area contributed by atoms with Gasteiger partial charge in [-0.15, -0.1) is 11.3 Å². The SMILES string of the molecule is CCOC(=O)c1nn(-c2ccc(Br)cc2)c(=O)c2c(NC(=O)c3cccc(OC)c3OC)scc12. The highest BCUT2D eigenvalue weighted by molar-refractivity contribution is 9.10. The summed E-state index contributed by atoms with van der Waals surface area (Å²) in [6, 6.07) is 11.8. The van der Waals surface area contributed by atoms with Gasteiger partial charge in [0.1, 0.15) is 5.00 Å². The van der Waals surface area contributed by atoms with E-state index in [1.807, 2.05) is 0 Å². The van der Waals surface area contributed by atoms with Crippen LogP contribution in [-0.4, -0.2) is 42.5 Å². The fourth-order valence-corrected chi connectivity index (χ4v) is 4.68. The van der Waals surface area contributed by atoms with Crippen LogP contribution < -0.4 is 20.3 Å². The molecule has 2 aromatic heterocycles. The Morgan fingerprint density at radius 1 is 1.11 bits per heavy atom. The Balaban J connectivity index is 1.87. The lowest BCUT2D eigenvalue weighted by molar-refractivity contribution is 0.0520. The predicted octanol–water partition coefficient (Wildman–Crippen LogP) is 4.66. The van der Waals surface area contributed by atoms with Crippen molar-refractivity contribution in [2.45, 2.75) is 6.92 Å². The fourth-order valence-electron chi connectivity index (χ4n) is 3.49. The molecule has 0 saturated carbocycles. The summed E-state index contributed by atoms with van der Waals surface area (Å²) in [6.07, 6.45) is 0. The molecule has 1 amide bonds. The van der Waals surface area contributed by atoms with Crippen LogP contribution in [0.1, 0.15) is 27.8 Å². The number of para-hydroxylation sites is 1. The van der Waals surface area contributed by atoms with E-state index < -0.39 is 17.4 Å². The largest absolute Gasteiger partial charge is 0.493 e. The van der Waals surface area contributed by atoms with E-state index in [-0.39, 0.29) is 34.0 Å². The Labute approximate surface area is 212 Å². The Morgan fingerprint density at radius 2 is 1.86 bits per heavy atom. The molecule has 0 unspecified atom stereocenters. The number of hydrogen-bond donors (Lipinski definition) is 1. The zero-order valence-electron chi connectivity index (χ0n) is 19.0. The first-order valence-corrected chi connectivity index (χ1v) is 12.1. The minimum atomic E-state index is -0.673. The highest BCUT2D eigenvalue weighted by atomic mass is 79.9. The number of fused-ring (bicyclic) bond motifs is 1. The maximum atomic E-state index is 13.5. The van der Waals surface area contributed by atoms with Crippen LogP contribution in [0.2, 0.25) is 0 Å². The van der Waals surface area contributed by atoms with Crippen LogP contribution in [0.5, 0.6) is 11.5 Å². The molecule has 4 rings (SSSR count). The second-order valence-corrected chi connectivity index (χ2v) is 8.91. The first-order chi connectivity index (χ1) is 16.9. The van der Waals surface area contributed by atoms with Gasteiger partial charge in [-0.05, 0) is 43.3 Å². The third kappa shape index (κ3) is 4.64. The number of benzene rings is 2. The summed E-state index contributed by atoms with van der Waals surface area (Å²) >= 11 is 4.47. The molecule has 2 aromatic carbocycles. The molecule has 1 N–H and O–H groups in total. The molecule has 2 heterocycles. The van der Waals surface area contributed by atoms with Gasteiger partial charge in [0, 0.05) is 15.2 Å². The number of halogens is 1. The van der Waals surface area contributed by atoms with Gasteiger partial charge in [-0.25, -0.2) is 4.79 Å². The molecule has 0 saturated heterocycles. The highest BCUT2D eigenvalue weighted by Crippen LogP contribution is 2.34. The van der Waals surface area contributed by atoms with Crippen molar-refractivity contribution >= 4 is 54.9 Å². The Bertz CT molecular complexity index is 1480. The number of hydrogen-bond acceptors (Lipinski definition) is 8. The number of anilines is 1. The zero-order valence-corrected chi connectivity index (χ0v) is 21.4. The summed E-state index contributed by atoms with van der Waals surface area (Å²) in [5.41, 5.74) is 0.148. The van der Waals surface area contributed by atoms with Crippen molar-refractivity contribution in [3.05, 3.63) is 73.9 Å². The first kappa shape index (κ1) is 24.4. The average molecular weight is 558 g/mol. The molecule has 4 aromatic rings. The van der Waals surface area contributed by atoms with Gasteiger partial charge in [0.2, 0.25) is 0 Å². The van der Waals surface area contributed by atoms with Crippen molar-refractivity contribution in [2.75, 3.05) is 26.1 Å². The molecule has 0 atom stereocenters. The number of nitrogens with one attached hydrogen (secondary N) is 1. The maximum Gasteiger partial charge on any atom is 0.359 e. The van der Waals surface area contributed by atoms with E-state index in [0.717, 1.165) is 20.5 Å². The van der Waals surface area contributed by atoms with Gasteiger partial charge in [-0.1, -0.05) is 22.0 Å². The molecule has 0 spiro atoms. The number of rotatable bonds is 7. The van der Waals surface area contributed by atoms with Crippen LogP contribution in [0.4, 0.5) is 5.00 Å². The number of esters is 1. The predicted molar refractivity (Wildman–Crippen MR) is 136 cm³/mol. The number of aromatic nitrogens is 2. The van der Waals surface area contributed by atoms with Crippen LogP contribution in [0.25, 0.3) is 16.5 Å². The lowest BCUT2D eigenvalue weighted by Crippen LogP contribution is -2.25. The van der Waals surface area contributed by atoms with Crippen molar-refractivity contribution in [1.29, 1.82) is 0 Å². The number of methoxy groups -OCH3 is 2. The van der Waals surface area contributed by atoms with E-state index in [9.17, 15) is 14.4 Å². The van der Waals surface area contributed by atoms with Crippen LogP contribution >= 0.6 is 27.3 Å². The molecule has 11 heteroatoms. The van der Waals surface area contributed by atoms with E-state index in [1.165, 1.54) is 14.2 Å². The van der Waals surface area contributed by atoms with Crippen molar-refractivity contribution < 1.29 is 23.8 Å². The van der Waals surface area contributed by atoms with Gasteiger partial charge in [-0.2, -0.15) is 9.78 Å². The van der Waals surface area contributed by atoms with Gasteiger partial charge in [0.15, 0.2) is 17.2 Å². The quantitative estimate of drug-likeness (QED) is 0.329. The van der Waals surface area contributed by atoms with Gasteiger partial charge >= 0.3 is 5.97 Å². The number of thiophene rings is 1. The molecular formula is C24H20BrN3O6S. The molecule has 0 aliphatic rings. The van der Waals surface area contributed by atoms with Crippen LogP contribution in [0, 0.1) is 0 Å². The fraction of sp³-hybridized carbons (Fsp3) is 0.167. The molecule has 0 fully saturated rings. The number of ether oxygens (including phenoxy) is 3. The summed E-state index contributed by atoms with van der Waals surface area (Å²) < 4.78 is 17.7. The smallest absolute Gasteiger partial charge is 0.359 e. The van der Waals surface area contributed by atoms with Gasteiger partial charge in [-0.3, -0.25) is 9.59 Å². The monoisotopic (exact) mass is 557 g/mol. The van der Waals surface area contributed by atoms with Crippen molar-refractivity contribution in [3.8, 4) is 17.2 Å². The van der Waals surface area contributed by atoms with E-state index in [2.05, 4.69) is 26.3 Å². The molecule has 180 valence electrons. The summed E-state index contributed by atoms with van der Waals surface area (Å²) in [5.74, 6) is -0.529.